The van der Waals surface area contributed by atoms with Crippen molar-refractivity contribution in [3.63, 3.8) is 0 Å². The van der Waals surface area contributed by atoms with Gasteiger partial charge < -0.3 is 10.3 Å². The maximum Gasteiger partial charge on any atom is 0.272 e. The van der Waals surface area contributed by atoms with Crippen LogP contribution in [0.4, 0.5) is 10.1 Å². The minimum absolute atomic E-state index is 0.0486. The number of carbonyl (C=O) groups excluding carboxylic acids is 1. The van der Waals surface area contributed by atoms with Crippen molar-refractivity contribution in [2.75, 3.05) is 5.32 Å². The Labute approximate surface area is 129 Å². The quantitative estimate of drug-likeness (QED) is 0.694. The predicted molar refractivity (Wildman–Crippen MR) is 82.7 cm³/mol. The molecular weight excluding hydrogens is 314 g/mol. The van der Waals surface area contributed by atoms with Crippen LogP contribution in [0.1, 0.15) is 10.5 Å². The number of fused-ring (bicyclic) bond motifs is 1. The molecule has 1 heterocycles. The van der Waals surface area contributed by atoms with E-state index in [1.54, 1.807) is 18.2 Å². The van der Waals surface area contributed by atoms with Crippen molar-refractivity contribution in [2.45, 2.75) is 0 Å². The number of H-pyrrole nitrogens is 1. The Morgan fingerprint density at radius 3 is 2.62 bits per heavy atom. The number of para-hydroxylation sites is 1. The highest BCUT2D eigenvalue weighted by Gasteiger charge is 2.12. The van der Waals surface area contributed by atoms with Gasteiger partial charge in [-0.15, -0.1) is 0 Å². The van der Waals surface area contributed by atoms with Gasteiger partial charge in [0.2, 0.25) is 0 Å². The number of aromatic amines is 1. The zero-order valence-electron chi connectivity index (χ0n) is 10.6. The molecule has 6 heteroatoms. The average molecular weight is 323 g/mol. The Bertz CT molecular complexity index is 845. The second-order valence-corrected chi connectivity index (χ2v) is 5.28. The van der Waals surface area contributed by atoms with Gasteiger partial charge >= 0.3 is 0 Å². The highest BCUT2D eigenvalue weighted by Crippen LogP contribution is 2.24. The van der Waals surface area contributed by atoms with E-state index >= 15 is 0 Å². The molecule has 0 unspecified atom stereocenters. The molecule has 0 aliphatic heterocycles. The molecule has 2 N–H and O–H groups in total. The largest absolute Gasteiger partial charge is 0.349 e. The third-order valence-corrected chi connectivity index (χ3v) is 3.63. The van der Waals surface area contributed by atoms with Crippen LogP contribution in [0.3, 0.4) is 0 Å². The van der Waals surface area contributed by atoms with E-state index in [4.69, 9.17) is 23.2 Å². The van der Waals surface area contributed by atoms with Crippen molar-refractivity contribution < 1.29 is 9.18 Å². The normalized spacial score (nSPS) is 10.8. The molecule has 0 atom stereocenters. The third kappa shape index (κ3) is 2.73. The fourth-order valence-electron chi connectivity index (χ4n) is 2.01. The number of hydrogen-bond donors (Lipinski definition) is 2. The van der Waals surface area contributed by atoms with Gasteiger partial charge in [0.1, 0.15) is 11.5 Å². The molecule has 0 bridgehead atoms. The molecule has 0 aliphatic rings. The number of anilines is 1. The number of rotatable bonds is 2. The van der Waals surface area contributed by atoms with Crippen LogP contribution >= 0.6 is 23.2 Å². The van der Waals surface area contributed by atoms with Crippen LogP contribution in [0.5, 0.6) is 0 Å². The van der Waals surface area contributed by atoms with E-state index in [0.29, 0.717) is 21.9 Å². The molecule has 2 aromatic carbocycles. The topological polar surface area (TPSA) is 44.9 Å². The molecule has 0 fully saturated rings. The van der Waals surface area contributed by atoms with Crippen LogP contribution in [0.15, 0.2) is 42.5 Å². The van der Waals surface area contributed by atoms with Gasteiger partial charge in [0.15, 0.2) is 0 Å². The molecule has 0 radical (unpaired) electrons. The Morgan fingerprint density at radius 2 is 1.90 bits per heavy atom. The molecule has 0 spiro atoms. The number of halogens is 3. The van der Waals surface area contributed by atoms with Gasteiger partial charge in [-0.1, -0.05) is 35.3 Å². The van der Waals surface area contributed by atoms with Crippen LogP contribution < -0.4 is 5.32 Å². The van der Waals surface area contributed by atoms with Gasteiger partial charge in [-0.05, 0) is 30.3 Å². The molecule has 0 saturated heterocycles. The van der Waals surface area contributed by atoms with Gasteiger partial charge in [0.05, 0.1) is 15.6 Å². The molecule has 3 aromatic rings. The number of nitrogens with one attached hydrogen (secondary N) is 2. The summed E-state index contributed by atoms with van der Waals surface area (Å²) in [6, 6.07) is 11.1. The number of amides is 1. The van der Waals surface area contributed by atoms with Gasteiger partial charge in [0, 0.05) is 11.1 Å². The highest BCUT2D eigenvalue weighted by molar-refractivity contribution is 6.35. The molecule has 21 heavy (non-hydrogen) atoms. The maximum absolute atomic E-state index is 13.1. The maximum atomic E-state index is 13.1. The van der Waals surface area contributed by atoms with E-state index < -0.39 is 5.82 Å². The van der Waals surface area contributed by atoms with Crippen LogP contribution in [0.2, 0.25) is 10.0 Å². The Morgan fingerprint density at radius 1 is 1.10 bits per heavy atom. The first-order chi connectivity index (χ1) is 10.0. The zero-order chi connectivity index (χ0) is 15.0. The van der Waals surface area contributed by atoms with Crippen molar-refractivity contribution in [3.8, 4) is 0 Å². The number of aromatic nitrogens is 1. The van der Waals surface area contributed by atoms with Crippen molar-refractivity contribution in [2.24, 2.45) is 0 Å². The van der Waals surface area contributed by atoms with E-state index in [0.717, 1.165) is 5.39 Å². The standard InChI is InChI=1S/C15H9Cl2FN2O/c16-10-3-1-2-8-6-13(20-14(8)10)15(21)19-9-4-5-12(18)11(17)7-9/h1-7,20H,(H,19,21). The van der Waals surface area contributed by atoms with Gasteiger partial charge in [-0.2, -0.15) is 0 Å². The summed E-state index contributed by atoms with van der Waals surface area (Å²) in [5, 5.41) is 3.97. The summed E-state index contributed by atoms with van der Waals surface area (Å²) < 4.78 is 13.1. The Kier molecular flexibility index (Phi) is 3.57. The summed E-state index contributed by atoms with van der Waals surface area (Å²) in [6.45, 7) is 0. The number of hydrogen-bond acceptors (Lipinski definition) is 1. The first kappa shape index (κ1) is 13.9. The van der Waals surface area contributed by atoms with E-state index in [1.807, 2.05) is 6.07 Å². The molecular formula is C15H9Cl2FN2O. The van der Waals surface area contributed by atoms with E-state index in [1.165, 1.54) is 18.2 Å². The number of benzene rings is 2. The van der Waals surface area contributed by atoms with Crippen LogP contribution in [0, 0.1) is 5.82 Å². The summed E-state index contributed by atoms with van der Waals surface area (Å²) >= 11 is 11.7. The van der Waals surface area contributed by atoms with Gasteiger partial charge in [-0.25, -0.2) is 4.39 Å². The van der Waals surface area contributed by atoms with E-state index in [-0.39, 0.29) is 10.9 Å². The van der Waals surface area contributed by atoms with Gasteiger partial charge in [0.25, 0.3) is 5.91 Å². The van der Waals surface area contributed by atoms with Crippen molar-refractivity contribution in [1.82, 2.24) is 4.98 Å². The zero-order valence-corrected chi connectivity index (χ0v) is 12.1. The first-order valence-corrected chi connectivity index (χ1v) is 6.84. The smallest absolute Gasteiger partial charge is 0.272 e. The lowest BCUT2D eigenvalue weighted by atomic mass is 10.2. The van der Waals surface area contributed by atoms with Crippen LogP contribution in [0.25, 0.3) is 10.9 Å². The van der Waals surface area contributed by atoms with E-state index in [2.05, 4.69) is 10.3 Å². The lowest BCUT2D eigenvalue weighted by Gasteiger charge is -2.04. The summed E-state index contributed by atoms with van der Waals surface area (Å²) in [4.78, 5) is 15.1. The van der Waals surface area contributed by atoms with Crippen molar-refractivity contribution in [3.05, 3.63) is 64.0 Å². The fourth-order valence-corrected chi connectivity index (χ4v) is 2.42. The molecule has 3 rings (SSSR count). The first-order valence-electron chi connectivity index (χ1n) is 6.08. The Balaban J connectivity index is 1.90. The SMILES string of the molecule is O=C(Nc1ccc(F)c(Cl)c1)c1cc2cccc(Cl)c2[nH]1. The van der Waals surface area contributed by atoms with Gasteiger partial charge in [-0.3, -0.25) is 4.79 Å². The third-order valence-electron chi connectivity index (χ3n) is 3.03. The molecule has 106 valence electrons. The lowest BCUT2D eigenvalue weighted by molar-refractivity contribution is 0.102. The molecule has 0 saturated carbocycles. The molecule has 3 nitrogen and oxygen atoms in total. The molecule has 0 aliphatic carbocycles. The monoisotopic (exact) mass is 322 g/mol. The second kappa shape index (κ2) is 5.39. The van der Waals surface area contributed by atoms with Crippen LogP contribution in [-0.2, 0) is 0 Å². The second-order valence-electron chi connectivity index (χ2n) is 4.47. The summed E-state index contributed by atoms with van der Waals surface area (Å²) in [5.41, 5.74) is 1.47. The average Bonchev–Trinajstić information content (AvgIpc) is 2.89. The molecule has 1 aromatic heterocycles. The number of carbonyl (C=O) groups is 1. The highest BCUT2D eigenvalue weighted by atomic mass is 35.5. The van der Waals surface area contributed by atoms with Crippen molar-refractivity contribution >= 4 is 45.7 Å². The minimum Gasteiger partial charge on any atom is -0.349 e. The lowest BCUT2D eigenvalue weighted by Crippen LogP contribution is -2.12. The summed E-state index contributed by atoms with van der Waals surface area (Å²) in [6.07, 6.45) is 0. The van der Waals surface area contributed by atoms with Crippen molar-refractivity contribution in [1.29, 1.82) is 0 Å². The fraction of sp³-hybridized carbons (Fsp3) is 0. The summed E-state index contributed by atoms with van der Waals surface area (Å²) in [7, 11) is 0. The predicted octanol–water partition coefficient (Wildman–Crippen LogP) is 4.87. The van der Waals surface area contributed by atoms with Crippen LogP contribution in [-0.4, -0.2) is 10.9 Å². The minimum atomic E-state index is -0.535. The van der Waals surface area contributed by atoms with E-state index in [9.17, 15) is 9.18 Å². The summed E-state index contributed by atoms with van der Waals surface area (Å²) in [5.74, 6) is -0.892. The molecule has 1 amide bonds. The Hall–Kier alpha value is -2.04.